The molecule has 1 fully saturated rings. The molecule has 5 aliphatic rings. The minimum atomic E-state index is -0.901. The fourth-order valence-electron chi connectivity index (χ4n) is 26.5. The molecule has 0 bridgehead atoms. The molecule has 29 aromatic rings. The van der Waals surface area contributed by atoms with E-state index in [-0.39, 0.29) is 5.97 Å². The van der Waals surface area contributed by atoms with Crippen molar-refractivity contribution in [3.8, 4) is 0 Å². The molecule has 0 unspecified atom stereocenters. The van der Waals surface area contributed by atoms with Crippen molar-refractivity contribution < 1.29 is 9.53 Å². The number of hydrogen-bond acceptors (Lipinski definition) is 2. The van der Waals surface area contributed by atoms with E-state index in [1.165, 1.54) is 5.56 Å². The van der Waals surface area contributed by atoms with E-state index in [2.05, 4.69) is 37.3 Å². The molecule has 2 nitrogen and oxygen atoms in total. The lowest BCUT2D eigenvalue weighted by Gasteiger charge is -2.32. The van der Waals surface area contributed by atoms with Gasteiger partial charge >= 0.3 is 5.97 Å². The Hall–Kier alpha value is -8.85. The van der Waals surface area contributed by atoms with E-state index >= 15 is 4.79 Å². The van der Waals surface area contributed by atoms with Crippen LogP contribution in [0.2, 0.25) is 0 Å². The molecular formula is C71H12O2. The van der Waals surface area contributed by atoms with Crippen LogP contribution in [0.25, 0.3) is 291 Å². The molecule has 0 heterocycles. The zero-order chi connectivity index (χ0) is 43.8. The van der Waals surface area contributed by atoms with Crippen LogP contribution < -0.4 is 0 Å². The van der Waals surface area contributed by atoms with Crippen molar-refractivity contribution in [1.82, 2.24) is 0 Å². The molecule has 0 atom stereocenters. The van der Waals surface area contributed by atoms with E-state index in [0.29, 0.717) is 13.0 Å². The first-order valence-electron chi connectivity index (χ1n) is 27.3. The third kappa shape index (κ3) is 1.46. The van der Waals surface area contributed by atoms with Crippen molar-refractivity contribution in [3.05, 3.63) is 58.1 Å². The summed E-state index contributed by atoms with van der Waals surface area (Å²) in [6, 6.07) is 11.3. The van der Waals surface area contributed by atoms with E-state index in [1.807, 2.05) is 0 Å². The molecule has 0 amide bonds. The first-order valence-corrected chi connectivity index (χ1v) is 27.3. The van der Waals surface area contributed by atoms with Gasteiger partial charge in [0.15, 0.2) is 0 Å². The van der Waals surface area contributed by atoms with Crippen LogP contribution in [0.5, 0.6) is 0 Å². The quantitative estimate of drug-likeness (QED) is 0.130. The Balaban J connectivity index is 1.14. The van der Waals surface area contributed by atoms with E-state index in [1.54, 1.807) is 313 Å². The highest BCUT2D eigenvalue weighted by Crippen LogP contribution is 2.97. The SMILES string of the molecule is CCOC(=O)C1(Cc2ccccc2)C23c4c5c6c7c8c9c(c%10c%11c2c2c4c4c%12c5c5c6c6c8c8c%13c9c9c%10c%10c%11c%11c2c2c4c4c%12c%12c5c5c6c8c6c8c%13c9c9c%10c%10c%11c2c2c4c4c%12c5c6c5c8c9c%10c2c45)C713. The van der Waals surface area contributed by atoms with Crippen molar-refractivity contribution in [1.29, 1.82) is 0 Å². The summed E-state index contributed by atoms with van der Waals surface area (Å²) in [5.74, 6) is 0.0360. The van der Waals surface area contributed by atoms with Crippen LogP contribution in [0.3, 0.4) is 0 Å². The van der Waals surface area contributed by atoms with Gasteiger partial charge in [0, 0.05) is 0 Å². The lowest BCUT2D eigenvalue weighted by Crippen LogP contribution is -2.31. The normalized spacial score (nSPS) is 23.7. The van der Waals surface area contributed by atoms with E-state index < -0.39 is 16.2 Å². The molecular weight excluding hydrogens is 885 g/mol. The molecule has 0 radical (unpaired) electrons. The number of carbonyl (C=O) groups is 1. The van der Waals surface area contributed by atoms with Gasteiger partial charge in [0.25, 0.3) is 0 Å². The molecule has 0 N–H and O–H groups in total. The Morgan fingerprint density at radius 3 is 0.644 bits per heavy atom. The van der Waals surface area contributed by atoms with Crippen molar-refractivity contribution in [2.75, 3.05) is 6.61 Å². The lowest BCUT2D eigenvalue weighted by atomic mass is 9.68. The van der Waals surface area contributed by atoms with Crippen molar-refractivity contribution in [2.45, 2.75) is 24.2 Å². The van der Waals surface area contributed by atoms with Crippen molar-refractivity contribution >= 4 is 297 Å². The van der Waals surface area contributed by atoms with Crippen LogP contribution in [-0.4, -0.2) is 12.6 Å². The monoisotopic (exact) mass is 896 g/mol. The number of benzene rings is 19. The first kappa shape index (κ1) is 27.7. The van der Waals surface area contributed by atoms with Gasteiger partial charge < -0.3 is 4.74 Å². The third-order valence-corrected chi connectivity index (χ3v) is 26.5. The Morgan fingerprint density at radius 2 is 0.466 bits per heavy atom. The standard InChI is InChI=1S/C71H12O2/c1-2-73-68(72)69(8-9-6-4-3-5-7-9)70-64-56-48-38-28-20-12-10-11-14-18-16(12)24-32-26(18)36-30-22(14)23-15(11)19-17-13(10)21(20)29-35-25(17)33-27(19)37-31(23)41-40(30)50-44(36)54-46(32)52(42(48)34(24)28)60(64)62(54)66-58(50)59-51(41)45(37)55-47(33)53-43(35)49(39(29)38)57(56)65(70)61(53)63(55)67(59)71(66,69)70/h3-7H,2,8H2,1H3. The van der Waals surface area contributed by atoms with Gasteiger partial charge in [0.05, 0.1) is 17.4 Å². The molecule has 29 aromatic carbocycles. The number of carbonyl (C=O) groups excluding carboxylic acids is 1. The number of rotatable bonds is 4. The Morgan fingerprint density at radius 1 is 0.288 bits per heavy atom. The molecule has 0 aromatic heterocycles. The maximum absolute atomic E-state index is 17.0. The lowest BCUT2D eigenvalue weighted by molar-refractivity contribution is -0.151. The fourth-order valence-corrected chi connectivity index (χ4v) is 26.5. The summed E-state index contributed by atoms with van der Waals surface area (Å²) >= 11 is 0. The molecule has 0 saturated heterocycles. The zero-order valence-corrected chi connectivity index (χ0v) is 37.6. The summed E-state index contributed by atoms with van der Waals surface area (Å²) in [6.07, 6.45) is 0.657. The van der Waals surface area contributed by atoms with Gasteiger partial charge in [-0.15, -0.1) is 0 Å². The van der Waals surface area contributed by atoms with Gasteiger partial charge in [0.1, 0.15) is 5.41 Å². The van der Waals surface area contributed by atoms with E-state index in [4.69, 9.17) is 4.74 Å². The highest BCUT2D eigenvalue weighted by atomic mass is 16.5. The molecule has 5 aliphatic carbocycles. The van der Waals surface area contributed by atoms with Crippen molar-refractivity contribution in [2.24, 2.45) is 5.41 Å². The van der Waals surface area contributed by atoms with Crippen LogP contribution in [0.4, 0.5) is 0 Å². The van der Waals surface area contributed by atoms with Crippen LogP contribution in [0.15, 0.2) is 30.3 Å². The Labute approximate surface area is 398 Å². The van der Waals surface area contributed by atoms with Gasteiger partial charge in [-0.05, 0) is 332 Å². The molecule has 2 spiro atoms. The number of hydrogen-bond donors (Lipinski definition) is 0. The summed E-state index contributed by atoms with van der Waals surface area (Å²) < 4.78 is 6.94. The van der Waals surface area contributed by atoms with Gasteiger partial charge in [0.2, 0.25) is 0 Å². The minimum absolute atomic E-state index is 0.0360. The Kier molecular flexibility index (Phi) is 2.38. The number of ether oxygens (including phenoxy) is 1. The molecule has 34 rings (SSSR count). The second-order valence-electron chi connectivity index (χ2n) is 26.5. The van der Waals surface area contributed by atoms with Gasteiger partial charge in [-0.25, -0.2) is 0 Å². The fraction of sp³-hybridized carbons (Fsp3) is 0.0845. The summed E-state index contributed by atoms with van der Waals surface area (Å²) in [5, 5.41) is 85.6. The maximum Gasteiger partial charge on any atom is 0.315 e. The van der Waals surface area contributed by atoms with Gasteiger partial charge in [-0.1, -0.05) is 30.3 Å². The van der Waals surface area contributed by atoms with Crippen molar-refractivity contribution in [3.63, 3.8) is 0 Å². The predicted octanol–water partition coefficient (Wildman–Crippen LogP) is 18.1. The summed E-state index contributed by atoms with van der Waals surface area (Å²) in [5.41, 5.74) is 5.28. The molecule has 1 saturated carbocycles. The molecule has 73 heavy (non-hydrogen) atoms. The van der Waals surface area contributed by atoms with Crippen LogP contribution in [0, 0.1) is 5.41 Å². The van der Waals surface area contributed by atoms with E-state index in [9.17, 15) is 0 Å². The van der Waals surface area contributed by atoms with E-state index in [0.717, 1.165) is 0 Å². The first-order chi connectivity index (χ1) is 36.3. The average Bonchev–Trinajstić information content (AvgIpc) is 3.59. The molecule has 2 heteroatoms. The summed E-state index contributed by atoms with van der Waals surface area (Å²) in [6.45, 7) is 2.45. The molecule has 0 aliphatic heterocycles. The highest BCUT2D eigenvalue weighted by molar-refractivity contribution is 6.82. The number of esters is 1. The predicted molar refractivity (Wildman–Crippen MR) is 303 cm³/mol. The summed E-state index contributed by atoms with van der Waals surface area (Å²) in [7, 11) is 0. The highest BCUT2D eigenvalue weighted by Gasteiger charge is 2.97. The van der Waals surface area contributed by atoms with Gasteiger partial charge in [-0.3, -0.25) is 4.79 Å². The van der Waals surface area contributed by atoms with Crippen LogP contribution >= 0.6 is 0 Å². The van der Waals surface area contributed by atoms with Crippen LogP contribution in [0.1, 0.15) is 34.7 Å². The largest absolute Gasteiger partial charge is 0.465 e. The minimum Gasteiger partial charge on any atom is -0.465 e. The maximum atomic E-state index is 17.0. The average molecular weight is 897 g/mol. The smallest absolute Gasteiger partial charge is 0.315 e. The Bertz CT molecular complexity index is 6940. The van der Waals surface area contributed by atoms with Gasteiger partial charge in [-0.2, -0.15) is 0 Å². The summed E-state index contributed by atoms with van der Waals surface area (Å²) in [4.78, 5) is 17.0. The second-order valence-corrected chi connectivity index (χ2v) is 26.5. The molecule has 308 valence electrons. The third-order valence-electron chi connectivity index (χ3n) is 26.5. The zero-order valence-electron chi connectivity index (χ0n) is 37.6. The topological polar surface area (TPSA) is 26.3 Å². The second kappa shape index (κ2) is 6.28. The van der Waals surface area contributed by atoms with Crippen LogP contribution in [-0.2, 0) is 26.8 Å².